The minimum atomic E-state index is -2.66. The Balaban J connectivity index is 3.30. The molecule has 1 aromatic rings. The standard InChI is InChI=1S/C7H5ClF2INO/c8-1-3-4(6(9)10)2-12-7(11)5(3)13/h2,6,13H,1H2. The topological polar surface area (TPSA) is 33.1 Å². The van der Waals surface area contributed by atoms with E-state index in [9.17, 15) is 13.9 Å². The highest BCUT2D eigenvalue weighted by molar-refractivity contribution is 14.1. The molecule has 0 saturated heterocycles. The van der Waals surface area contributed by atoms with Crippen LogP contribution in [0.2, 0.25) is 0 Å². The highest BCUT2D eigenvalue weighted by atomic mass is 127. The molecule has 0 aliphatic heterocycles. The van der Waals surface area contributed by atoms with Gasteiger partial charge in [0.2, 0.25) is 0 Å². The molecule has 72 valence electrons. The summed E-state index contributed by atoms with van der Waals surface area (Å²) in [5, 5.41) is 9.34. The smallest absolute Gasteiger partial charge is 0.265 e. The van der Waals surface area contributed by atoms with Gasteiger partial charge in [0.15, 0.2) is 5.75 Å². The first kappa shape index (κ1) is 10.9. The second-order valence-electron chi connectivity index (χ2n) is 2.27. The van der Waals surface area contributed by atoms with Gasteiger partial charge >= 0.3 is 0 Å². The first-order valence-corrected chi connectivity index (χ1v) is 4.89. The van der Waals surface area contributed by atoms with Crippen molar-refractivity contribution in [3.63, 3.8) is 0 Å². The van der Waals surface area contributed by atoms with Gasteiger partial charge in [-0.15, -0.1) is 11.6 Å². The summed E-state index contributed by atoms with van der Waals surface area (Å²) in [4.78, 5) is 3.61. The molecule has 1 rings (SSSR count). The highest BCUT2D eigenvalue weighted by Crippen LogP contribution is 2.32. The van der Waals surface area contributed by atoms with E-state index in [0.717, 1.165) is 6.20 Å². The average molecular weight is 319 g/mol. The van der Waals surface area contributed by atoms with Gasteiger partial charge in [-0.1, -0.05) is 0 Å². The highest BCUT2D eigenvalue weighted by Gasteiger charge is 2.18. The Hall–Kier alpha value is -0.170. The molecule has 0 aromatic carbocycles. The lowest BCUT2D eigenvalue weighted by Gasteiger charge is -2.08. The Morgan fingerprint density at radius 1 is 1.62 bits per heavy atom. The third-order valence-electron chi connectivity index (χ3n) is 1.52. The maximum absolute atomic E-state index is 12.3. The summed E-state index contributed by atoms with van der Waals surface area (Å²) in [5.74, 6) is -0.405. The van der Waals surface area contributed by atoms with Crippen LogP contribution in [-0.2, 0) is 5.88 Å². The van der Waals surface area contributed by atoms with Crippen LogP contribution in [0.1, 0.15) is 17.6 Å². The van der Waals surface area contributed by atoms with Crippen molar-refractivity contribution < 1.29 is 13.9 Å². The molecule has 0 bridgehead atoms. The molecule has 0 aliphatic rings. The molecule has 1 N–H and O–H groups in total. The van der Waals surface area contributed by atoms with Crippen LogP contribution in [0.15, 0.2) is 6.20 Å². The van der Waals surface area contributed by atoms with Crippen molar-refractivity contribution in [3.05, 3.63) is 21.0 Å². The zero-order chi connectivity index (χ0) is 10.0. The molecule has 13 heavy (non-hydrogen) atoms. The van der Waals surface area contributed by atoms with Gasteiger partial charge in [0, 0.05) is 17.3 Å². The predicted octanol–water partition coefficient (Wildman–Crippen LogP) is 3.07. The summed E-state index contributed by atoms with van der Waals surface area (Å²) < 4.78 is 24.9. The number of rotatable bonds is 2. The van der Waals surface area contributed by atoms with E-state index in [-0.39, 0.29) is 26.5 Å². The van der Waals surface area contributed by atoms with Gasteiger partial charge in [-0.05, 0) is 22.6 Å². The van der Waals surface area contributed by atoms with Crippen LogP contribution in [0.4, 0.5) is 8.78 Å². The van der Waals surface area contributed by atoms with Crippen molar-refractivity contribution in [2.45, 2.75) is 12.3 Å². The number of hydrogen-bond acceptors (Lipinski definition) is 2. The average Bonchev–Trinajstić information content (AvgIpc) is 2.09. The van der Waals surface area contributed by atoms with Crippen molar-refractivity contribution in [2.75, 3.05) is 0 Å². The first-order valence-electron chi connectivity index (χ1n) is 3.28. The number of hydrogen-bond donors (Lipinski definition) is 1. The summed E-state index contributed by atoms with van der Waals surface area (Å²) in [5.41, 5.74) is -0.260. The van der Waals surface area contributed by atoms with E-state index >= 15 is 0 Å². The second kappa shape index (κ2) is 4.36. The van der Waals surface area contributed by atoms with Crippen LogP contribution in [0.3, 0.4) is 0 Å². The lowest BCUT2D eigenvalue weighted by molar-refractivity contribution is 0.149. The second-order valence-corrected chi connectivity index (χ2v) is 3.55. The molecule has 1 heterocycles. The van der Waals surface area contributed by atoms with Crippen LogP contribution < -0.4 is 0 Å². The molecule has 2 nitrogen and oxygen atoms in total. The number of alkyl halides is 3. The number of pyridine rings is 1. The molecule has 0 saturated carbocycles. The summed E-state index contributed by atoms with van der Waals surface area (Å²) in [6.07, 6.45) is -1.63. The zero-order valence-corrected chi connectivity index (χ0v) is 9.18. The Morgan fingerprint density at radius 2 is 2.23 bits per heavy atom. The SMILES string of the molecule is Oc1c(I)ncc(C(F)F)c1CCl. The minimum Gasteiger partial charge on any atom is -0.505 e. The number of aromatic nitrogens is 1. The summed E-state index contributed by atoms with van der Waals surface area (Å²) in [7, 11) is 0. The zero-order valence-electron chi connectivity index (χ0n) is 6.27. The molecule has 0 radical (unpaired) electrons. The maximum atomic E-state index is 12.3. The number of nitrogens with zero attached hydrogens (tertiary/aromatic N) is 1. The molecule has 0 atom stereocenters. The van der Waals surface area contributed by atoms with Crippen LogP contribution in [0.25, 0.3) is 0 Å². The van der Waals surface area contributed by atoms with E-state index in [1.54, 1.807) is 22.6 Å². The van der Waals surface area contributed by atoms with Gasteiger partial charge in [-0.3, -0.25) is 0 Å². The summed E-state index contributed by atoms with van der Waals surface area (Å²) in [6, 6.07) is 0. The Bertz CT molecular complexity index is 322. The summed E-state index contributed by atoms with van der Waals surface area (Å²) in [6.45, 7) is 0. The van der Waals surface area contributed by atoms with Crippen molar-refractivity contribution >= 4 is 34.2 Å². The molecule has 1 aromatic heterocycles. The fraction of sp³-hybridized carbons (Fsp3) is 0.286. The molecule has 0 unspecified atom stereocenters. The van der Waals surface area contributed by atoms with Gasteiger partial charge in [0.1, 0.15) is 3.70 Å². The molecule has 0 amide bonds. The van der Waals surface area contributed by atoms with E-state index in [4.69, 9.17) is 11.6 Å². The third kappa shape index (κ3) is 2.19. The Labute approximate surface area is 92.1 Å². The largest absolute Gasteiger partial charge is 0.505 e. The molecular formula is C7H5ClF2INO. The normalized spacial score (nSPS) is 10.8. The van der Waals surface area contributed by atoms with Gasteiger partial charge < -0.3 is 5.11 Å². The minimum absolute atomic E-state index is 0.0519. The van der Waals surface area contributed by atoms with E-state index in [2.05, 4.69) is 4.98 Å². The van der Waals surface area contributed by atoms with E-state index in [1.807, 2.05) is 0 Å². The van der Waals surface area contributed by atoms with Gasteiger partial charge in [0.25, 0.3) is 6.43 Å². The van der Waals surface area contributed by atoms with Crippen LogP contribution >= 0.6 is 34.2 Å². The van der Waals surface area contributed by atoms with Crippen molar-refractivity contribution in [1.29, 1.82) is 0 Å². The molecular weight excluding hydrogens is 314 g/mol. The van der Waals surface area contributed by atoms with Crippen LogP contribution in [-0.4, -0.2) is 10.1 Å². The van der Waals surface area contributed by atoms with E-state index in [0.29, 0.717) is 0 Å². The van der Waals surface area contributed by atoms with Gasteiger partial charge in [0.05, 0.1) is 5.88 Å². The molecule has 0 aliphatic carbocycles. The van der Waals surface area contributed by atoms with E-state index in [1.165, 1.54) is 0 Å². The van der Waals surface area contributed by atoms with Crippen molar-refractivity contribution in [1.82, 2.24) is 4.98 Å². The van der Waals surface area contributed by atoms with Crippen LogP contribution in [0.5, 0.6) is 5.75 Å². The molecule has 0 spiro atoms. The molecule has 6 heteroatoms. The fourth-order valence-electron chi connectivity index (χ4n) is 0.855. The Morgan fingerprint density at radius 3 is 2.69 bits per heavy atom. The first-order chi connectivity index (χ1) is 6.07. The van der Waals surface area contributed by atoms with Crippen molar-refractivity contribution in [2.24, 2.45) is 0 Å². The fourth-order valence-corrected chi connectivity index (χ4v) is 1.60. The molecule has 0 fully saturated rings. The lowest BCUT2D eigenvalue weighted by Crippen LogP contribution is -1.97. The number of halogens is 4. The number of aromatic hydroxyl groups is 1. The van der Waals surface area contributed by atoms with E-state index < -0.39 is 6.43 Å². The van der Waals surface area contributed by atoms with Gasteiger partial charge in [-0.25, -0.2) is 13.8 Å². The monoisotopic (exact) mass is 319 g/mol. The Kier molecular flexibility index (Phi) is 3.66. The third-order valence-corrected chi connectivity index (χ3v) is 2.57. The van der Waals surface area contributed by atoms with Crippen LogP contribution in [0, 0.1) is 3.70 Å². The predicted molar refractivity (Wildman–Crippen MR) is 53.1 cm³/mol. The van der Waals surface area contributed by atoms with Crippen molar-refractivity contribution in [3.8, 4) is 5.75 Å². The quantitative estimate of drug-likeness (QED) is 0.516. The summed E-state index contributed by atoms with van der Waals surface area (Å²) >= 11 is 7.18. The van der Waals surface area contributed by atoms with Gasteiger partial charge in [-0.2, -0.15) is 0 Å². The lowest BCUT2D eigenvalue weighted by atomic mass is 10.1. The maximum Gasteiger partial charge on any atom is 0.265 e.